The molecular formula is C10H12N2. The van der Waals surface area contributed by atoms with Crippen LogP contribution in [-0.2, 0) is 0 Å². The minimum absolute atomic E-state index is 0.256. The maximum atomic E-state index is 3.23. The third-order valence-corrected chi connectivity index (χ3v) is 2.12. The molecule has 0 aliphatic carbocycles. The van der Waals surface area contributed by atoms with E-state index in [1.165, 1.54) is 11.1 Å². The van der Waals surface area contributed by atoms with Gasteiger partial charge in [0.05, 0.1) is 0 Å². The molecule has 2 N–H and O–H groups in total. The quantitative estimate of drug-likeness (QED) is 0.650. The van der Waals surface area contributed by atoms with Gasteiger partial charge < -0.3 is 5.32 Å². The van der Waals surface area contributed by atoms with Crippen molar-refractivity contribution in [2.75, 3.05) is 7.05 Å². The van der Waals surface area contributed by atoms with Gasteiger partial charge in [-0.25, -0.2) is 0 Å². The van der Waals surface area contributed by atoms with Crippen LogP contribution in [0.4, 0.5) is 0 Å². The smallest absolute Gasteiger partial charge is 0.103 e. The van der Waals surface area contributed by atoms with Gasteiger partial charge in [0.15, 0.2) is 0 Å². The van der Waals surface area contributed by atoms with Crippen LogP contribution >= 0.6 is 0 Å². The van der Waals surface area contributed by atoms with E-state index < -0.39 is 0 Å². The molecule has 0 fully saturated rings. The molecule has 62 valence electrons. The molecule has 0 saturated heterocycles. The summed E-state index contributed by atoms with van der Waals surface area (Å²) >= 11 is 0. The summed E-state index contributed by atoms with van der Waals surface area (Å²) in [4.78, 5) is 0. The lowest BCUT2D eigenvalue weighted by molar-refractivity contribution is 0.536. The van der Waals surface area contributed by atoms with E-state index in [0.29, 0.717) is 0 Å². The fourth-order valence-corrected chi connectivity index (χ4v) is 1.49. The lowest BCUT2D eigenvalue weighted by atomic mass is 10.0. The molecular weight excluding hydrogens is 148 g/mol. The Labute approximate surface area is 72.3 Å². The Morgan fingerprint density at radius 2 is 2.17 bits per heavy atom. The van der Waals surface area contributed by atoms with Crippen LogP contribution in [0.2, 0.25) is 0 Å². The number of hydrogen-bond acceptors (Lipinski definition) is 2. The largest absolute Gasteiger partial charge is 0.372 e. The van der Waals surface area contributed by atoms with Gasteiger partial charge in [-0.3, -0.25) is 5.32 Å². The number of fused-ring (bicyclic) bond motifs is 1. The first kappa shape index (κ1) is 7.37. The Balaban J connectivity index is 2.45. The highest BCUT2D eigenvalue weighted by molar-refractivity contribution is 5.56. The molecule has 0 radical (unpaired) electrons. The van der Waals surface area contributed by atoms with Crippen molar-refractivity contribution in [1.29, 1.82) is 0 Å². The van der Waals surface area contributed by atoms with E-state index in [1.54, 1.807) is 0 Å². The van der Waals surface area contributed by atoms with Crippen molar-refractivity contribution in [3.8, 4) is 0 Å². The van der Waals surface area contributed by atoms with Crippen LogP contribution in [0.15, 0.2) is 30.5 Å². The van der Waals surface area contributed by atoms with E-state index in [1.807, 2.05) is 13.2 Å². The van der Waals surface area contributed by atoms with Crippen molar-refractivity contribution >= 4 is 6.08 Å². The van der Waals surface area contributed by atoms with Gasteiger partial charge in [0.2, 0.25) is 0 Å². The lowest BCUT2D eigenvalue weighted by Crippen LogP contribution is -2.30. The van der Waals surface area contributed by atoms with Crippen molar-refractivity contribution in [2.24, 2.45) is 0 Å². The second kappa shape index (κ2) is 2.99. The highest BCUT2D eigenvalue weighted by Gasteiger charge is 2.12. The van der Waals surface area contributed by atoms with Crippen LogP contribution in [-0.4, -0.2) is 7.05 Å². The predicted octanol–water partition coefficient (Wildman–Crippen LogP) is 1.48. The topological polar surface area (TPSA) is 24.1 Å². The van der Waals surface area contributed by atoms with Gasteiger partial charge >= 0.3 is 0 Å². The summed E-state index contributed by atoms with van der Waals surface area (Å²) < 4.78 is 0. The van der Waals surface area contributed by atoms with E-state index in [9.17, 15) is 0 Å². The van der Waals surface area contributed by atoms with Crippen molar-refractivity contribution in [2.45, 2.75) is 6.17 Å². The zero-order chi connectivity index (χ0) is 8.39. The number of nitrogens with one attached hydrogen (secondary N) is 2. The molecule has 2 heteroatoms. The first-order valence-electron chi connectivity index (χ1n) is 4.10. The van der Waals surface area contributed by atoms with Crippen LogP contribution in [0.1, 0.15) is 17.3 Å². The Bertz CT molecular complexity index is 304. The molecule has 1 aromatic carbocycles. The molecule has 1 atom stereocenters. The summed E-state index contributed by atoms with van der Waals surface area (Å²) in [6.45, 7) is 0. The van der Waals surface area contributed by atoms with Gasteiger partial charge in [-0.2, -0.15) is 0 Å². The van der Waals surface area contributed by atoms with E-state index in [2.05, 4.69) is 41.0 Å². The maximum Gasteiger partial charge on any atom is 0.103 e. The van der Waals surface area contributed by atoms with Gasteiger partial charge in [-0.05, 0) is 30.5 Å². The highest BCUT2D eigenvalue weighted by Crippen LogP contribution is 2.20. The van der Waals surface area contributed by atoms with E-state index in [0.717, 1.165) is 0 Å². The summed E-state index contributed by atoms with van der Waals surface area (Å²) in [6.07, 6.45) is 4.32. The van der Waals surface area contributed by atoms with Gasteiger partial charge in [0.1, 0.15) is 6.17 Å². The Hall–Kier alpha value is -1.28. The van der Waals surface area contributed by atoms with Gasteiger partial charge in [-0.15, -0.1) is 0 Å². The molecule has 1 aliphatic heterocycles. The van der Waals surface area contributed by atoms with Gasteiger partial charge in [-0.1, -0.05) is 24.3 Å². The Morgan fingerprint density at radius 3 is 3.00 bits per heavy atom. The molecule has 1 aliphatic rings. The Kier molecular flexibility index (Phi) is 1.84. The van der Waals surface area contributed by atoms with Gasteiger partial charge in [0.25, 0.3) is 0 Å². The number of benzene rings is 1. The summed E-state index contributed by atoms with van der Waals surface area (Å²) in [7, 11) is 1.95. The van der Waals surface area contributed by atoms with Crippen LogP contribution < -0.4 is 10.6 Å². The summed E-state index contributed by atoms with van der Waals surface area (Å²) in [5.41, 5.74) is 2.60. The first-order valence-corrected chi connectivity index (χ1v) is 4.10. The van der Waals surface area contributed by atoms with Crippen molar-refractivity contribution in [3.63, 3.8) is 0 Å². The van der Waals surface area contributed by atoms with Crippen LogP contribution in [0.25, 0.3) is 6.08 Å². The molecule has 0 bridgehead atoms. The van der Waals surface area contributed by atoms with Crippen molar-refractivity contribution in [3.05, 3.63) is 41.6 Å². The second-order valence-corrected chi connectivity index (χ2v) is 2.85. The number of hydrogen-bond donors (Lipinski definition) is 2. The zero-order valence-corrected chi connectivity index (χ0v) is 7.04. The third kappa shape index (κ3) is 1.10. The van der Waals surface area contributed by atoms with Crippen LogP contribution in [0.5, 0.6) is 0 Å². The van der Waals surface area contributed by atoms with Crippen molar-refractivity contribution in [1.82, 2.24) is 10.6 Å². The molecule has 2 nitrogen and oxygen atoms in total. The SMILES string of the molecule is CNC1NC=Cc2ccccc21. The number of rotatable bonds is 1. The average Bonchev–Trinajstić information content (AvgIpc) is 2.17. The van der Waals surface area contributed by atoms with Crippen LogP contribution in [0.3, 0.4) is 0 Å². The van der Waals surface area contributed by atoms with E-state index >= 15 is 0 Å². The molecule has 0 saturated carbocycles. The van der Waals surface area contributed by atoms with Crippen molar-refractivity contribution < 1.29 is 0 Å². The first-order chi connectivity index (χ1) is 5.92. The minimum atomic E-state index is 0.256. The summed E-state index contributed by atoms with van der Waals surface area (Å²) in [5, 5.41) is 6.43. The van der Waals surface area contributed by atoms with Crippen LogP contribution in [0, 0.1) is 0 Å². The second-order valence-electron chi connectivity index (χ2n) is 2.85. The zero-order valence-electron chi connectivity index (χ0n) is 7.04. The maximum absolute atomic E-state index is 3.23. The highest BCUT2D eigenvalue weighted by atomic mass is 15.1. The molecule has 12 heavy (non-hydrogen) atoms. The fourth-order valence-electron chi connectivity index (χ4n) is 1.49. The van der Waals surface area contributed by atoms with E-state index in [4.69, 9.17) is 0 Å². The molecule has 1 aromatic rings. The third-order valence-electron chi connectivity index (χ3n) is 2.12. The minimum Gasteiger partial charge on any atom is -0.372 e. The fraction of sp³-hybridized carbons (Fsp3) is 0.200. The monoisotopic (exact) mass is 160 g/mol. The van der Waals surface area contributed by atoms with Gasteiger partial charge in [0, 0.05) is 0 Å². The lowest BCUT2D eigenvalue weighted by Gasteiger charge is -2.22. The predicted molar refractivity (Wildman–Crippen MR) is 50.4 cm³/mol. The molecule has 1 unspecified atom stereocenters. The van der Waals surface area contributed by atoms with E-state index in [-0.39, 0.29) is 6.17 Å². The average molecular weight is 160 g/mol. The molecule has 2 rings (SSSR count). The summed E-state index contributed by atoms with van der Waals surface area (Å²) in [6, 6.07) is 8.37. The molecule has 0 aromatic heterocycles. The molecule has 1 heterocycles. The molecule has 0 spiro atoms. The normalized spacial score (nSPS) is 19.9. The standard InChI is InChI=1S/C10H12N2/c1-11-10-9-5-3-2-4-8(9)6-7-12-10/h2-7,10-12H,1H3. The molecule has 0 amide bonds. The summed E-state index contributed by atoms with van der Waals surface area (Å²) in [5.74, 6) is 0. The Morgan fingerprint density at radius 1 is 1.33 bits per heavy atom.